The molecular formula is C20H20BrP. The molecule has 3 aromatic rings. The maximum atomic E-state index is 2.43. The summed E-state index contributed by atoms with van der Waals surface area (Å²) in [6.07, 6.45) is 0. The van der Waals surface area contributed by atoms with Crippen LogP contribution in [0.5, 0.6) is 0 Å². The lowest BCUT2D eigenvalue weighted by molar-refractivity contribution is -0.00000419. The molecular weight excluding hydrogens is 351 g/mol. The van der Waals surface area contributed by atoms with Crippen molar-refractivity contribution in [1.29, 1.82) is 0 Å². The molecule has 3 rings (SSSR count). The van der Waals surface area contributed by atoms with E-state index < -0.39 is 7.26 Å². The molecule has 0 amide bonds. The van der Waals surface area contributed by atoms with Gasteiger partial charge in [-0.3, -0.25) is 0 Å². The van der Waals surface area contributed by atoms with Crippen LogP contribution in [0.15, 0.2) is 84.9 Å². The van der Waals surface area contributed by atoms with Crippen LogP contribution in [-0.2, 0) is 0 Å². The first-order valence-electron chi connectivity index (χ1n) is 7.27. The van der Waals surface area contributed by atoms with Crippen molar-refractivity contribution in [3.63, 3.8) is 0 Å². The van der Waals surface area contributed by atoms with Crippen LogP contribution in [0.2, 0.25) is 0 Å². The van der Waals surface area contributed by atoms with Gasteiger partial charge in [0.15, 0.2) is 0 Å². The molecule has 0 aliphatic carbocycles. The Hall–Kier alpha value is -1.43. The lowest BCUT2D eigenvalue weighted by atomic mass is 10.2. The number of hydrogen-bond acceptors (Lipinski definition) is 0. The lowest BCUT2D eigenvalue weighted by Crippen LogP contribution is -3.00. The summed E-state index contributed by atoms with van der Waals surface area (Å²) in [7, 11) is -1.56. The summed E-state index contributed by atoms with van der Waals surface area (Å²) < 4.78 is 0. The monoisotopic (exact) mass is 370 g/mol. The van der Waals surface area contributed by atoms with E-state index >= 15 is 0 Å². The first kappa shape index (κ1) is 16.9. The standard InChI is InChI=1S/C20H20P.BrH/c1-17-11-9-10-16-20(17)21(2,18-12-5-3-6-13-18)19-14-7-4-8-15-19;/h3-16H,1-2H3;1H/q+1;/p-1. The quantitative estimate of drug-likeness (QED) is 0.601. The Bertz CT molecular complexity index is 683. The molecule has 3 aromatic carbocycles. The third-order valence-electron chi connectivity index (χ3n) is 4.14. The highest BCUT2D eigenvalue weighted by atomic mass is 79.9. The van der Waals surface area contributed by atoms with Gasteiger partial charge in [0, 0.05) is 0 Å². The van der Waals surface area contributed by atoms with E-state index in [1.807, 2.05) is 0 Å². The van der Waals surface area contributed by atoms with Crippen LogP contribution in [0, 0.1) is 6.92 Å². The number of rotatable bonds is 3. The van der Waals surface area contributed by atoms with Crippen LogP contribution in [0.4, 0.5) is 0 Å². The van der Waals surface area contributed by atoms with Gasteiger partial charge in [0.25, 0.3) is 0 Å². The van der Waals surface area contributed by atoms with Crippen molar-refractivity contribution < 1.29 is 17.0 Å². The molecule has 0 aliphatic rings. The van der Waals surface area contributed by atoms with Crippen LogP contribution in [0.1, 0.15) is 5.56 Å². The Morgan fingerprint density at radius 1 is 0.591 bits per heavy atom. The Kier molecular flexibility index (Phi) is 5.56. The van der Waals surface area contributed by atoms with Crippen molar-refractivity contribution in [2.75, 3.05) is 6.66 Å². The summed E-state index contributed by atoms with van der Waals surface area (Å²) in [5, 5.41) is 4.35. The second-order valence-corrected chi connectivity index (χ2v) is 8.99. The van der Waals surface area contributed by atoms with Gasteiger partial charge in [0.1, 0.15) is 23.2 Å². The van der Waals surface area contributed by atoms with Gasteiger partial charge in [-0.25, -0.2) is 0 Å². The minimum absolute atomic E-state index is 0. The predicted molar refractivity (Wildman–Crippen MR) is 95.8 cm³/mol. The van der Waals surface area contributed by atoms with Crippen LogP contribution in [-0.4, -0.2) is 6.66 Å². The third kappa shape index (κ3) is 3.02. The van der Waals surface area contributed by atoms with E-state index in [4.69, 9.17) is 0 Å². The molecule has 0 heterocycles. The zero-order valence-electron chi connectivity index (χ0n) is 12.9. The zero-order chi connectivity index (χ0) is 14.7. The Morgan fingerprint density at radius 3 is 1.45 bits per heavy atom. The van der Waals surface area contributed by atoms with Gasteiger partial charge < -0.3 is 17.0 Å². The second-order valence-electron chi connectivity index (χ2n) is 5.46. The number of halogens is 1. The normalized spacial score (nSPS) is 10.8. The molecule has 0 saturated carbocycles. The lowest BCUT2D eigenvalue weighted by Gasteiger charge is -2.24. The van der Waals surface area contributed by atoms with E-state index in [2.05, 4.69) is 98.5 Å². The molecule has 0 N–H and O–H groups in total. The average molecular weight is 371 g/mol. The molecule has 0 bridgehead atoms. The minimum Gasteiger partial charge on any atom is -1.00 e. The Labute approximate surface area is 144 Å². The summed E-state index contributed by atoms with van der Waals surface area (Å²) in [5.41, 5.74) is 1.38. The van der Waals surface area contributed by atoms with Gasteiger partial charge in [-0.15, -0.1) is 0 Å². The summed E-state index contributed by atoms with van der Waals surface area (Å²) in [6.45, 7) is 4.65. The SMILES string of the molecule is Cc1ccccc1[P+](C)(c1ccccc1)c1ccccc1.[Br-]. The zero-order valence-corrected chi connectivity index (χ0v) is 15.4. The van der Waals surface area contributed by atoms with E-state index in [-0.39, 0.29) is 17.0 Å². The summed E-state index contributed by atoms with van der Waals surface area (Å²) in [5.74, 6) is 0. The molecule has 0 aromatic heterocycles. The number of benzene rings is 3. The van der Waals surface area contributed by atoms with Gasteiger partial charge >= 0.3 is 0 Å². The summed E-state index contributed by atoms with van der Waals surface area (Å²) in [6, 6.07) is 30.7. The fraction of sp³-hybridized carbons (Fsp3) is 0.100. The first-order valence-corrected chi connectivity index (χ1v) is 9.50. The van der Waals surface area contributed by atoms with Crippen LogP contribution < -0.4 is 32.9 Å². The predicted octanol–water partition coefficient (Wildman–Crippen LogP) is 0.923. The topological polar surface area (TPSA) is 0 Å². The molecule has 0 fully saturated rings. The smallest absolute Gasteiger partial charge is 0.109 e. The van der Waals surface area contributed by atoms with Crippen LogP contribution in [0.25, 0.3) is 0 Å². The number of hydrogen-bond donors (Lipinski definition) is 0. The van der Waals surface area contributed by atoms with Gasteiger partial charge in [0.2, 0.25) is 0 Å². The first-order chi connectivity index (χ1) is 10.2. The Balaban J connectivity index is 0.00000176. The van der Waals surface area contributed by atoms with E-state index in [0.717, 1.165) is 0 Å². The highest BCUT2D eigenvalue weighted by Gasteiger charge is 2.40. The average Bonchev–Trinajstić information content (AvgIpc) is 2.56. The van der Waals surface area contributed by atoms with E-state index in [0.29, 0.717) is 0 Å². The second kappa shape index (κ2) is 7.22. The third-order valence-corrected chi connectivity index (χ3v) is 8.27. The van der Waals surface area contributed by atoms with E-state index in [9.17, 15) is 0 Å². The fourth-order valence-electron chi connectivity index (χ4n) is 2.94. The van der Waals surface area contributed by atoms with Gasteiger partial charge in [-0.2, -0.15) is 0 Å². The summed E-state index contributed by atoms with van der Waals surface area (Å²) >= 11 is 0. The molecule has 0 unspecified atom stereocenters. The van der Waals surface area contributed by atoms with Crippen molar-refractivity contribution in [3.8, 4) is 0 Å². The molecule has 0 radical (unpaired) electrons. The highest BCUT2D eigenvalue weighted by molar-refractivity contribution is 7.95. The number of aryl methyl sites for hydroxylation is 1. The van der Waals surface area contributed by atoms with E-state index in [1.165, 1.54) is 21.5 Å². The molecule has 0 aliphatic heterocycles. The maximum Gasteiger partial charge on any atom is 0.109 e. The van der Waals surface area contributed by atoms with Crippen molar-refractivity contribution in [3.05, 3.63) is 90.5 Å². The molecule has 0 spiro atoms. The summed E-state index contributed by atoms with van der Waals surface area (Å²) in [4.78, 5) is 0. The van der Waals surface area contributed by atoms with Gasteiger partial charge in [-0.1, -0.05) is 54.6 Å². The van der Waals surface area contributed by atoms with Crippen LogP contribution >= 0.6 is 7.26 Å². The molecule has 0 atom stereocenters. The highest BCUT2D eigenvalue weighted by Crippen LogP contribution is 2.51. The fourth-order valence-corrected chi connectivity index (χ4v) is 6.50. The molecule has 0 nitrogen and oxygen atoms in total. The maximum absolute atomic E-state index is 2.43. The van der Waals surface area contributed by atoms with Crippen molar-refractivity contribution in [1.82, 2.24) is 0 Å². The molecule has 2 heteroatoms. The van der Waals surface area contributed by atoms with E-state index in [1.54, 1.807) is 0 Å². The molecule has 0 saturated heterocycles. The van der Waals surface area contributed by atoms with Crippen molar-refractivity contribution in [2.24, 2.45) is 0 Å². The van der Waals surface area contributed by atoms with Crippen LogP contribution in [0.3, 0.4) is 0 Å². The van der Waals surface area contributed by atoms with Gasteiger partial charge in [0.05, 0.1) is 6.66 Å². The van der Waals surface area contributed by atoms with Gasteiger partial charge in [-0.05, 0) is 42.8 Å². The van der Waals surface area contributed by atoms with Crippen molar-refractivity contribution in [2.45, 2.75) is 6.92 Å². The molecule has 112 valence electrons. The molecule has 22 heavy (non-hydrogen) atoms. The van der Waals surface area contributed by atoms with Crippen molar-refractivity contribution >= 4 is 23.2 Å². The minimum atomic E-state index is -1.56. The largest absolute Gasteiger partial charge is 1.00 e. The Morgan fingerprint density at radius 2 is 1.00 bits per heavy atom.